The monoisotopic (exact) mass is 422 g/mol. The highest BCUT2D eigenvalue weighted by molar-refractivity contribution is 8.03. The molecule has 0 aromatic heterocycles. The van der Waals surface area contributed by atoms with E-state index in [9.17, 15) is 0 Å². The van der Waals surface area contributed by atoms with Gasteiger partial charge < -0.3 is 0 Å². The molecule has 0 N–H and O–H groups in total. The van der Waals surface area contributed by atoms with Gasteiger partial charge in [-0.3, -0.25) is 0 Å². The third kappa shape index (κ3) is 2.35. The number of fused-ring (bicyclic) bond motifs is 5. The summed E-state index contributed by atoms with van der Waals surface area (Å²) >= 11 is 1.95. The summed E-state index contributed by atoms with van der Waals surface area (Å²) in [6.07, 6.45) is 7.35. The second-order valence-corrected chi connectivity index (χ2v) is 15.0. The van der Waals surface area contributed by atoms with Crippen LogP contribution in [-0.4, -0.2) is 13.3 Å². The summed E-state index contributed by atoms with van der Waals surface area (Å²) in [6, 6.07) is 18.2. The molecule has 2 heteroatoms. The lowest BCUT2D eigenvalue weighted by Crippen LogP contribution is -2.39. The molecule has 0 amide bonds. The first-order chi connectivity index (χ1) is 14.5. The molecule has 1 aliphatic heterocycles. The van der Waals surface area contributed by atoms with Gasteiger partial charge in [-0.05, 0) is 69.0 Å². The van der Waals surface area contributed by atoms with Crippen LogP contribution in [0.3, 0.4) is 0 Å². The molecule has 0 fully saturated rings. The first-order valence-electron chi connectivity index (χ1n) is 10.9. The molecule has 1 heterocycles. The average Bonchev–Trinajstić information content (AvgIpc) is 3.42. The van der Waals surface area contributed by atoms with E-state index in [-0.39, 0.29) is 0 Å². The second kappa shape index (κ2) is 6.35. The number of benzene rings is 2. The minimum Gasteiger partial charge on any atom is -0.122 e. The molecule has 2 aromatic carbocycles. The zero-order valence-corrected chi connectivity index (χ0v) is 19.8. The maximum absolute atomic E-state index is 2.60. The molecule has 6 rings (SSSR count). The van der Waals surface area contributed by atoms with E-state index in [1.807, 2.05) is 11.8 Å². The van der Waals surface area contributed by atoms with Gasteiger partial charge in [-0.15, -0.1) is 11.8 Å². The third-order valence-electron chi connectivity index (χ3n) is 7.45. The first kappa shape index (κ1) is 18.5. The van der Waals surface area contributed by atoms with Crippen LogP contribution >= 0.6 is 11.8 Å². The first-order valence-corrected chi connectivity index (χ1v) is 14.9. The molecule has 0 spiro atoms. The Labute approximate surface area is 184 Å². The highest BCUT2D eigenvalue weighted by Gasteiger charge is 2.46. The van der Waals surface area contributed by atoms with Crippen molar-refractivity contribution in [1.29, 1.82) is 0 Å². The van der Waals surface area contributed by atoms with E-state index in [1.54, 1.807) is 5.20 Å². The molecule has 1 unspecified atom stereocenters. The molecule has 3 aliphatic carbocycles. The summed E-state index contributed by atoms with van der Waals surface area (Å²) in [6.45, 7) is 9.87. The van der Waals surface area contributed by atoms with Crippen molar-refractivity contribution in [3.05, 3.63) is 116 Å². The van der Waals surface area contributed by atoms with Gasteiger partial charge in [0.1, 0.15) is 0 Å². The van der Waals surface area contributed by atoms with E-state index in [0.29, 0.717) is 10.8 Å². The highest BCUT2D eigenvalue weighted by atomic mass is 32.2. The van der Waals surface area contributed by atoms with Crippen molar-refractivity contribution in [2.45, 2.75) is 37.7 Å². The van der Waals surface area contributed by atoms with Gasteiger partial charge in [-0.2, -0.15) is 0 Å². The lowest BCUT2D eigenvalue weighted by molar-refractivity contribution is 1.11. The SMILES string of the molecule is CC1=C([Si](C)(C)C2c3ccccc3-c3ccccc32)C2=CC3SC=CC3=C(C)C2=C1. The summed E-state index contributed by atoms with van der Waals surface area (Å²) in [5, 5.41) is 4.43. The van der Waals surface area contributed by atoms with Crippen LogP contribution in [0.5, 0.6) is 0 Å². The average molecular weight is 423 g/mol. The maximum atomic E-state index is 2.60. The Balaban J connectivity index is 1.52. The predicted molar refractivity (Wildman–Crippen MR) is 133 cm³/mol. The molecule has 0 bridgehead atoms. The van der Waals surface area contributed by atoms with Gasteiger partial charge in [0.25, 0.3) is 0 Å². The summed E-state index contributed by atoms with van der Waals surface area (Å²) in [7, 11) is -1.88. The van der Waals surface area contributed by atoms with E-state index in [4.69, 9.17) is 0 Å². The Morgan fingerprint density at radius 2 is 1.47 bits per heavy atom. The smallest absolute Gasteiger partial charge is 0.0939 e. The fraction of sp³-hybridized carbons (Fsp3) is 0.214. The van der Waals surface area contributed by atoms with E-state index in [1.165, 1.54) is 50.1 Å². The molecule has 148 valence electrons. The van der Waals surface area contributed by atoms with Gasteiger partial charge >= 0.3 is 0 Å². The van der Waals surface area contributed by atoms with Crippen LogP contribution in [-0.2, 0) is 0 Å². The Hall–Kier alpha value is -2.29. The van der Waals surface area contributed by atoms with Crippen molar-refractivity contribution < 1.29 is 0 Å². The maximum Gasteiger partial charge on any atom is 0.0939 e. The molecule has 0 saturated heterocycles. The van der Waals surface area contributed by atoms with Crippen molar-refractivity contribution in [2.24, 2.45) is 0 Å². The lowest BCUT2D eigenvalue weighted by Gasteiger charge is -2.36. The molecule has 30 heavy (non-hydrogen) atoms. The summed E-state index contributed by atoms with van der Waals surface area (Å²) in [5.74, 6) is 0. The van der Waals surface area contributed by atoms with E-state index in [2.05, 4.69) is 99.1 Å². The van der Waals surface area contributed by atoms with Crippen LogP contribution in [0, 0.1) is 0 Å². The van der Waals surface area contributed by atoms with Crippen molar-refractivity contribution in [1.82, 2.24) is 0 Å². The van der Waals surface area contributed by atoms with E-state index in [0.717, 1.165) is 0 Å². The van der Waals surface area contributed by atoms with Gasteiger partial charge in [-0.25, -0.2) is 0 Å². The standard InChI is InChI=1S/C28H26SSi/c1-17-15-24-18(2)19-13-14-29-26(19)16-25(24)27(17)30(3,4)28-22-11-7-5-9-20(22)21-10-6-8-12-23(21)28/h5-16,26,28H,1-4H3. The van der Waals surface area contributed by atoms with Gasteiger partial charge in [0, 0.05) is 5.54 Å². The second-order valence-electron chi connectivity index (χ2n) is 9.47. The third-order valence-corrected chi connectivity index (χ3v) is 12.4. The largest absolute Gasteiger partial charge is 0.122 e. The summed E-state index contributed by atoms with van der Waals surface area (Å²) in [4.78, 5) is 0. The van der Waals surface area contributed by atoms with Crippen LogP contribution in [0.1, 0.15) is 30.5 Å². The highest BCUT2D eigenvalue weighted by Crippen LogP contribution is 2.55. The van der Waals surface area contributed by atoms with E-state index >= 15 is 0 Å². The molecule has 0 radical (unpaired) electrons. The predicted octanol–water partition coefficient (Wildman–Crippen LogP) is 7.73. The molecule has 4 aliphatic rings. The molecular formula is C28H26SSi. The zero-order chi connectivity index (χ0) is 20.6. The van der Waals surface area contributed by atoms with Crippen LogP contribution in [0.2, 0.25) is 13.1 Å². The summed E-state index contributed by atoms with van der Waals surface area (Å²) < 4.78 is 0. The Morgan fingerprint density at radius 3 is 2.13 bits per heavy atom. The fourth-order valence-electron chi connectivity index (χ4n) is 6.27. The molecular weight excluding hydrogens is 396 g/mol. The lowest BCUT2D eigenvalue weighted by atomic mass is 9.89. The normalized spacial score (nSPS) is 22.1. The van der Waals surface area contributed by atoms with Gasteiger partial charge in [-0.1, -0.05) is 85.4 Å². The quantitative estimate of drug-likeness (QED) is 0.446. The van der Waals surface area contributed by atoms with Crippen molar-refractivity contribution in [3.63, 3.8) is 0 Å². The molecule has 1 atom stereocenters. The van der Waals surface area contributed by atoms with Crippen LogP contribution < -0.4 is 0 Å². The Morgan fingerprint density at radius 1 is 0.833 bits per heavy atom. The minimum absolute atomic E-state index is 0.492. The summed E-state index contributed by atoms with van der Waals surface area (Å²) in [5.41, 5.74) is 13.9. The van der Waals surface area contributed by atoms with Crippen LogP contribution in [0.4, 0.5) is 0 Å². The number of rotatable bonds is 2. The molecule has 0 saturated carbocycles. The number of thioether (sulfide) groups is 1. The Bertz CT molecular complexity index is 1220. The molecule has 2 aromatic rings. The van der Waals surface area contributed by atoms with Gasteiger partial charge in [0.05, 0.1) is 13.3 Å². The zero-order valence-electron chi connectivity index (χ0n) is 18.0. The Kier molecular flexibility index (Phi) is 3.91. The topological polar surface area (TPSA) is 0 Å². The van der Waals surface area contributed by atoms with Crippen molar-refractivity contribution in [3.8, 4) is 11.1 Å². The number of hydrogen-bond acceptors (Lipinski definition) is 1. The number of allylic oxidation sites excluding steroid dienone is 7. The fourth-order valence-corrected chi connectivity index (χ4v) is 11.6. The van der Waals surface area contributed by atoms with Crippen LogP contribution in [0.15, 0.2) is 105 Å². The van der Waals surface area contributed by atoms with Crippen molar-refractivity contribution in [2.75, 3.05) is 0 Å². The van der Waals surface area contributed by atoms with Gasteiger partial charge in [0.15, 0.2) is 0 Å². The van der Waals surface area contributed by atoms with Crippen LogP contribution in [0.25, 0.3) is 11.1 Å². The van der Waals surface area contributed by atoms with E-state index < -0.39 is 8.07 Å². The van der Waals surface area contributed by atoms with Crippen molar-refractivity contribution >= 4 is 19.8 Å². The van der Waals surface area contributed by atoms with Gasteiger partial charge in [0.2, 0.25) is 0 Å². The number of hydrogen-bond donors (Lipinski definition) is 0. The minimum atomic E-state index is -1.88. The molecule has 0 nitrogen and oxygen atoms in total.